The molecule has 0 radical (unpaired) electrons. The molecule has 78 valence electrons. The molecule has 2 saturated heterocycles. The monoisotopic (exact) mass is 197 g/mol. The Morgan fingerprint density at radius 2 is 2.00 bits per heavy atom. The van der Waals surface area contributed by atoms with Gasteiger partial charge in [-0.05, 0) is 18.8 Å². The van der Waals surface area contributed by atoms with Crippen LogP contribution in [-0.2, 0) is 14.3 Å². The molecule has 14 heavy (non-hydrogen) atoms. The third-order valence-electron chi connectivity index (χ3n) is 2.89. The molecule has 4 heteroatoms. The van der Waals surface area contributed by atoms with Crippen molar-refractivity contribution in [3.8, 4) is 0 Å². The lowest BCUT2D eigenvalue weighted by Gasteiger charge is -2.26. The van der Waals surface area contributed by atoms with E-state index in [2.05, 4.69) is 0 Å². The number of ether oxygens (including phenoxy) is 1. The first kappa shape index (κ1) is 9.65. The summed E-state index contributed by atoms with van der Waals surface area (Å²) in [6, 6.07) is 0. The number of carbonyl (C=O) groups excluding carboxylic acids is 2. The molecule has 0 aliphatic carbocycles. The molecule has 0 aromatic heterocycles. The molecule has 2 fully saturated rings. The first-order valence-corrected chi connectivity index (χ1v) is 5.13. The SMILES string of the molecule is O=C1CC(=O)N(CC2CCOCC2)C1. The Balaban J connectivity index is 1.84. The van der Waals surface area contributed by atoms with Crippen LogP contribution in [0.1, 0.15) is 19.3 Å². The number of amides is 1. The summed E-state index contributed by atoms with van der Waals surface area (Å²) in [7, 11) is 0. The van der Waals surface area contributed by atoms with Crippen molar-refractivity contribution in [1.29, 1.82) is 0 Å². The van der Waals surface area contributed by atoms with Crippen molar-refractivity contribution >= 4 is 11.7 Å². The van der Waals surface area contributed by atoms with Crippen molar-refractivity contribution < 1.29 is 14.3 Å². The van der Waals surface area contributed by atoms with E-state index in [9.17, 15) is 9.59 Å². The second-order valence-electron chi connectivity index (χ2n) is 4.05. The highest BCUT2D eigenvalue weighted by Gasteiger charge is 2.29. The average Bonchev–Trinajstić information content (AvgIpc) is 2.47. The van der Waals surface area contributed by atoms with Gasteiger partial charge in [-0.1, -0.05) is 0 Å². The summed E-state index contributed by atoms with van der Waals surface area (Å²) in [5.41, 5.74) is 0. The van der Waals surface area contributed by atoms with Crippen LogP contribution in [0.25, 0.3) is 0 Å². The van der Waals surface area contributed by atoms with Crippen molar-refractivity contribution in [1.82, 2.24) is 4.90 Å². The molecule has 2 heterocycles. The van der Waals surface area contributed by atoms with Crippen LogP contribution in [0, 0.1) is 5.92 Å². The van der Waals surface area contributed by atoms with Crippen LogP contribution in [-0.4, -0.2) is 42.9 Å². The molecule has 0 spiro atoms. The van der Waals surface area contributed by atoms with Gasteiger partial charge >= 0.3 is 0 Å². The Morgan fingerprint density at radius 1 is 1.29 bits per heavy atom. The lowest BCUT2D eigenvalue weighted by Crippen LogP contribution is -2.33. The molecular formula is C10H15NO3. The zero-order chi connectivity index (χ0) is 9.97. The Labute approximate surface area is 83.2 Å². The van der Waals surface area contributed by atoms with Crippen LogP contribution < -0.4 is 0 Å². The Bertz CT molecular complexity index is 246. The van der Waals surface area contributed by atoms with Gasteiger partial charge in [0.25, 0.3) is 0 Å². The summed E-state index contributed by atoms with van der Waals surface area (Å²) >= 11 is 0. The molecule has 0 aromatic carbocycles. The maximum absolute atomic E-state index is 11.3. The summed E-state index contributed by atoms with van der Waals surface area (Å²) in [6.07, 6.45) is 2.14. The van der Waals surface area contributed by atoms with Gasteiger partial charge in [-0.2, -0.15) is 0 Å². The number of hydrogen-bond acceptors (Lipinski definition) is 3. The Hall–Kier alpha value is -0.900. The van der Waals surface area contributed by atoms with Crippen molar-refractivity contribution in [3.05, 3.63) is 0 Å². The predicted molar refractivity (Wildman–Crippen MR) is 49.7 cm³/mol. The van der Waals surface area contributed by atoms with Crippen LogP contribution >= 0.6 is 0 Å². The Kier molecular flexibility index (Phi) is 2.82. The Morgan fingerprint density at radius 3 is 2.57 bits per heavy atom. The molecule has 0 N–H and O–H groups in total. The fraction of sp³-hybridized carbons (Fsp3) is 0.800. The lowest BCUT2D eigenvalue weighted by molar-refractivity contribution is -0.128. The second kappa shape index (κ2) is 4.09. The average molecular weight is 197 g/mol. The summed E-state index contributed by atoms with van der Waals surface area (Å²) in [6.45, 7) is 2.66. The van der Waals surface area contributed by atoms with E-state index in [1.807, 2.05) is 0 Å². The largest absolute Gasteiger partial charge is 0.381 e. The van der Waals surface area contributed by atoms with Gasteiger partial charge in [0.15, 0.2) is 5.78 Å². The van der Waals surface area contributed by atoms with Gasteiger partial charge in [-0.25, -0.2) is 0 Å². The van der Waals surface area contributed by atoms with E-state index < -0.39 is 0 Å². The van der Waals surface area contributed by atoms with Gasteiger partial charge in [0.05, 0.1) is 13.0 Å². The highest BCUT2D eigenvalue weighted by molar-refractivity contribution is 6.05. The van der Waals surface area contributed by atoms with E-state index in [-0.39, 0.29) is 18.1 Å². The zero-order valence-electron chi connectivity index (χ0n) is 8.20. The number of carbonyl (C=O) groups is 2. The van der Waals surface area contributed by atoms with Gasteiger partial charge in [0.2, 0.25) is 5.91 Å². The van der Waals surface area contributed by atoms with Gasteiger partial charge in [0, 0.05) is 19.8 Å². The smallest absolute Gasteiger partial charge is 0.230 e. The third-order valence-corrected chi connectivity index (χ3v) is 2.89. The highest BCUT2D eigenvalue weighted by atomic mass is 16.5. The van der Waals surface area contributed by atoms with Crippen LogP contribution in [0.3, 0.4) is 0 Å². The molecule has 0 saturated carbocycles. The van der Waals surface area contributed by atoms with E-state index in [1.54, 1.807) is 4.90 Å². The maximum atomic E-state index is 11.3. The minimum Gasteiger partial charge on any atom is -0.381 e. The first-order valence-electron chi connectivity index (χ1n) is 5.13. The molecule has 1 amide bonds. The van der Waals surface area contributed by atoms with Gasteiger partial charge in [0.1, 0.15) is 0 Å². The standard InChI is InChI=1S/C10H15NO3/c12-9-5-10(13)11(7-9)6-8-1-3-14-4-2-8/h8H,1-7H2. The summed E-state index contributed by atoms with van der Waals surface area (Å²) in [5, 5.41) is 0. The fourth-order valence-corrected chi connectivity index (χ4v) is 2.04. The minimum absolute atomic E-state index is 0.00138. The number of nitrogens with zero attached hydrogens (tertiary/aromatic N) is 1. The normalized spacial score (nSPS) is 24.7. The van der Waals surface area contributed by atoms with Crippen molar-refractivity contribution in [2.45, 2.75) is 19.3 Å². The molecule has 2 rings (SSSR count). The maximum Gasteiger partial charge on any atom is 0.230 e. The number of hydrogen-bond donors (Lipinski definition) is 0. The minimum atomic E-state index is 0.00138. The van der Waals surface area contributed by atoms with Gasteiger partial charge in [-0.3, -0.25) is 9.59 Å². The quantitative estimate of drug-likeness (QED) is 0.595. The van der Waals surface area contributed by atoms with Crippen LogP contribution in [0.5, 0.6) is 0 Å². The van der Waals surface area contributed by atoms with E-state index >= 15 is 0 Å². The van der Waals surface area contributed by atoms with Gasteiger partial charge < -0.3 is 9.64 Å². The predicted octanol–water partition coefficient (Wildman–Crippen LogP) is 0.214. The summed E-state index contributed by atoms with van der Waals surface area (Å²) in [4.78, 5) is 24.0. The topological polar surface area (TPSA) is 46.6 Å². The van der Waals surface area contributed by atoms with Crippen LogP contribution in [0.2, 0.25) is 0 Å². The summed E-state index contributed by atoms with van der Waals surface area (Å²) < 4.78 is 5.24. The highest BCUT2D eigenvalue weighted by Crippen LogP contribution is 2.18. The van der Waals surface area contributed by atoms with E-state index in [1.165, 1.54) is 0 Å². The zero-order valence-corrected chi connectivity index (χ0v) is 8.20. The van der Waals surface area contributed by atoms with Crippen molar-refractivity contribution in [3.63, 3.8) is 0 Å². The van der Waals surface area contributed by atoms with Crippen molar-refractivity contribution in [2.24, 2.45) is 5.92 Å². The first-order chi connectivity index (χ1) is 6.75. The second-order valence-corrected chi connectivity index (χ2v) is 4.05. The number of ketones is 1. The molecule has 0 bridgehead atoms. The lowest BCUT2D eigenvalue weighted by atomic mass is 10.00. The molecule has 0 unspecified atom stereocenters. The number of likely N-dealkylation sites (tertiary alicyclic amines) is 1. The number of rotatable bonds is 2. The molecule has 2 aliphatic rings. The fourth-order valence-electron chi connectivity index (χ4n) is 2.04. The van der Waals surface area contributed by atoms with Crippen molar-refractivity contribution in [2.75, 3.05) is 26.3 Å². The molecule has 2 aliphatic heterocycles. The summed E-state index contributed by atoms with van der Waals surface area (Å²) in [5.74, 6) is 0.585. The molecule has 0 aromatic rings. The molecular weight excluding hydrogens is 182 g/mol. The third kappa shape index (κ3) is 2.12. The van der Waals surface area contributed by atoms with E-state index in [0.29, 0.717) is 12.5 Å². The molecule has 4 nitrogen and oxygen atoms in total. The van der Waals surface area contributed by atoms with E-state index in [0.717, 1.165) is 32.6 Å². The van der Waals surface area contributed by atoms with Crippen LogP contribution in [0.4, 0.5) is 0 Å². The molecule has 0 atom stereocenters. The van der Waals surface area contributed by atoms with Gasteiger partial charge in [-0.15, -0.1) is 0 Å². The number of Topliss-reactive ketones (excluding diaryl/α,β-unsaturated/α-hetero) is 1. The van der Waals surface area contributed by atoms with Crippen LogP contribution in [0.15, 0.2) is 0 Å². The van der Waals surface area contributed by atoms with E-state index in [4.69, 9.17) is 4.74 Å².